The van der Waals surface area contributed by atoms with Gasteiger partial charge in [-0.2, -0.15) is 0 Å². The van der Waals surface area contributed by atoms with Gasteiger partial charge >= 0.3 is 0 Å². The lowest BCUT2D eigenvalue weighted by Gasteiger charge is -2.24. The molecule has 1 N–H and O–H groups in total. The van der Waals surface area contributed by atoms with Crippen LogP contribution in [0.3, 0.4) is 0 Å². The molecule has 0 fully saturated rings. The van der Waals surface area contributed by atoms with Crippen molar-refractivity contribution >= 4 is 21.8 Å². The summed E-state index contributed by atoms with van der Waals surface area (Å²) in [5, 5.41) is 3.88. The number of amides is 1. The summed E-state index contributed by atoms with van der Waals surface area (Å²) in [6, 6.07) is 0.252. The van der Waals surface area contributed by atoms with E-state index in [1.54, 1.807) is 0 Å². The van der Waals surface area contributed by atoms with Gasteiger partial charge in [-0.3, -0.25) is 4.79 Å². The molecule has 0 aromatic carbocycles. The van der Waals surface area contributed by atoms with Crippen LogP contribution >= 0.6 is 15.9 Å². The molecule has 0 aromatic heterocycles. The Hall–Kier alpha value is -0.0500. The van der Waals surface area contributed by atoms with E-state index in [9.17, 15) is 4.79 Å². The number of rotatable bonds is 4. The van der Waals surface area contributed by atoms with Crippen molar-refractivity contribution < 1.29 is 4.79 Å². The van der Waals surface area contributed by atoms with E-state index in [-0.39, 0.29) is 17.4 Å². The Morgan fingerprint density at radius 2 is 1.86 bits per heavy atom. The fraction of sp³-hybridized carbons (Fsp3) is 0.909. The number of carbonyl (C=O) groups excluding carboxylic acids is 1. The monoisotopic (exact) mass is 263 g/mol. The number of hydrogen-bond donors (Lipinski definition) is 1. The highest BCUT2D eigenvalue weighted by atomic mass is 79.9. The molecular formula is C11H22BrNO. The van der Waals surface area contributed by atoms with Crippen LogP contribution in [-0.4, -0.2) is 17.3 Å². The molecule has 1 atom stereocenters. The molecule has 1 unspecified atom stereocenters. The van der Waals surface area contributed by atoms with E-state index in [4.69, 9.17) is 0 Å². The van der Waals surface area contributed by atoms with Crippen molar-refractivity contribution in [3.63, 3.8) is 0 Å². The van der Waals surface area contributed by atoms with Crippen LogP contribution in [0.15, 0.2) is 0 Å². The van der Waals surface area contributed by atoms with Crippen molar-refractivity contribution in [2.45, 2.75) is 47.1 Å². The SMILES string of the molecule is CC(C)CC(CBr)NC(=O)C(C)(C)C. The van der Waals surface area contributed by atoms with E-state index in [2.05, 4.69) is 35.1 Å². The molecule has 84 valence electrons. The van der Waals surface area contributed by atoms with Crippen molar-refractivity contribution in [3.05, 3.63) is 0 Å². The molecule has 0 saturated carbocycles. The fourth-order valence-electron chi connectivity index (χ4n) is 1.13. The quantitative estimate of drug-likeness (QED) is 0.777. The predicted molar refractivity (Wildman–Crippen MR) is 64.6 cm³/mol. The minimum absolute atomic E-state index is 0.127. The number of hydrogen-bond acceptors (Lipinski definition) is 1. The van der Waals surface area contributed by atoms with Crippen LogP contribution < -0.4 is 5.32 Å². The zero-order valence-corrected chi connectivity index (χ0v) is 11.4. The van der Waals surface area contributed by atoms with Crippen molar-refractivity contribution in [2.24, 2.45) is 11.3 Å². The van der Waals surface area contributed by atoms with Gasteiger partial charge in [0.05, 0.1) is 0 Å². The fourth-order valence-corrected chi connectivity index (χ4v) is 1.56. The van der Waals surface area contributed by atoms with Crippen molar-refractivity contribution in [1.29, 1.82) is 0 Å². The summed E-state index contributed by atoms with van der Waals surface area (Å²) in [7, 11) is 0. The molecule has 0 spiro atoms. The van der Waals surface area contributed by atoms with E-state index in [1.807, 2.05) is 20.8 Å². The summed E-state index contributed by atoms with van der Waals surface area (Å²) in [4.78, 5) is 11.7. The third-order valence-corrected chi connectivity index (χ3v) is 2.74. The van der Waals surface area contributed by atoms with E-state index in [1.165, 1.54) is 0 Å². The van der Waals surface area contributed by atoms with Gasteiger partial charge in [0.1, 0.15) is 0 Å². The van der Waals surface area contributed by atoms with Crippen LogP contribution in [0.5, 0.6) is 0 Å². The molecule has 1 amide bonds. The highest BCUT2D eigenvalue weighted by Crippen LogP contribution is 2.15. The molecule has 0 aliphatic rings. The minimum Gasteiger partial charge on any atom is -0.352 e. The first kappa shape index (κ1) is 13.9. The normalized spacial score (nSPS) is 14.2. The van der Waals surface area contributed by atoms with E-state index in [0.717, 1.165) is 11.8 Å². The van der Waals surface area contributed by atoms with Crippen LogP contribution in [0.1, 0.15) is 41.0 Å². The Bertz CT molecular complexity index is 184. The number of carbonyl (C=O) groups is 1. The highest BCUT2D eigenvalue weighted by molar-refractivity contribution is 9.09. The van der Waals surface area contributed by atoms with Crippen LogP contribution in [0.4, 0.5) is 0 Å². The molecule has 14 heavy (non-hydrogen) atoms. The van der Waals surface area contributed by atoms with Crippen molar-refractivity contribution in [2.75, 3.05) is 5.33 Å². The topological polar surface area (TPSA) is 29.1 Å². The lowest BCUT2D eigenvalue weighted by molar-refractivity contribution is -0.129. The third-order valence-electron chi connectivity index (χ3n) is 1.96. The van der Waals surface area contributed by atoms with E-state index in [0.29, 0.717) is 5.92 Å². The number of alkyl halides is 1. The molecule has 0 bridgehead atoms. The molecule has 0 aliphatic carbocycles. The number of halogens is 1. The standard InChI is InChI=1S/C11H22BrNO/c1-8(2)6-9(7-12)13-10(14)11(3,4)5/h8-9H,6-7H2,1-5H3,(H,13,14). The average molecular weight is 264 g/mol. The second-order valence-electron chi connectivity index (χ2n) is 5.20. The Morgan fingerprint density at radius 3 is 2.14 bits per heavy atom. The Balaban J connectivity index is 4.12. The lowest BCUT2D eigenvalue weighted by Crippen LogP contribution is -2.43. The average Bonchev–Trinajstić information content (AvgIpc) is 2.00. The van der Waals surface area contributed by atoms with E-state index < -0.39 is 0 Å². The lowest BCUT2D eigenvalue weighted by atomic mass is 9.94. The predicted octanol–water partition coefficient (Wildman–Crippen LogP) is 2.96. The molecule has 2 nitrogen and oxygen atoms in total. The first-order valence-corrected chi connectivity index (χ1v) is 6.26. The van der Waals surface area contributed by atoms with Gasteiger partial charge in [0.25, 0.3) is 0 Å². The molecular weight excluding hydrogens is 242 g/mol. The van der Waals surface area contributed by atoms with E-state index >= 15 is 0 Å². The van der Waals surface area contributed by atoms with Gasteiger partial charge in [-0.25, -0.2) is 0 Å². The van der Waals surface area contributed by atoms with Crippen molar-refractivity contribution in [3.8, 4) is 0 Å². The third kappa shape index (κ3) is 5.63. The summed E-state index contributed by atoms with van der Waals surface area (Å²) in [5.41, 5.74) is -0.294. The van der Waals surface area contributed by atoms with Crippen LogP contribution in [0, 0.1) is 11.3 Å². The van der Waals surface area contributed by atoms with Crippen LogP contribution in [0.25, 0.3) is 0 Å². The zero-order valence-electron chi connectivity index (χ0n) is 9.86. The Morgan fingerprint density at radius 1 is 1.36 bits per heavy atom. The van der Waals surface area contributed by atoms with Gasteiger partial charge in [0, 0.05) is 16.8 Å². The van der Waals surface area contributed by atoms with Crippen LogP contribution in [-0.2, 0) is 4.79 Å². The Kier molecular flexibility index (Phi) is 5.72. The van der Waals surface area contributed by atoms with Gasteiger partial charge in [0.15, 0.2) is 0 Å². The minimum atomic E-state index is -0.294. The number of nitrogens with one attached hydrogen (secondary N) is 1. The van der Waals surface area contributed by atoms with Gasteiger partial charge in [-0.1, -0.05) is 50.5 Å². The van der Waals surface area contributed by atoms with Gasteiger partial charge < -0.3 is 5.32 Å². The molecule has 0 heterocycles. The van der Waals surface area contributed by atoms with Gasteiger partial charge in [-0.15, -0.1) is 0 Å². The summed E-state index contributed by atoms with van der Waals surface area (Å²) in [6.07, 6.45) is 1.02. The van der Waals surface area contributed by atoms with Gasteiger partial charge in [-0.05, 0) is 12.3 Å². The molecule has 3 heteroatoms. The zero-order chi connectivity index (χ0) is 11.4. The molecule has 0 radical (unpaired) electrons. The van der Waals surface area contributed by atoms with Crippen molar-refractivity contribution in [1.82, 2.24) is 5.32 Å². The first-order chi connectivity index (χ1) is 6.27. The maximum absolute atomic E-state index is 11.7. The highest BCUT2D eigenvalue weighted by Gasteiger charge is 2.23. The largest absolute Gasteiger partial charge is 0.352 e. The molecule has 0 aliphatic heterocycles. The first-order valence-electron chi connectivity index (χ1n) is 5.14. The summed E-state index contributed by atoms with van der Waals surface area (Å²) < 4.78 is 0. The van der Waals surface area contributed by atoms with Gasteiger partial charge in [0.2, 0.25) is 5.91 Å². The smallest absolute Gasteiger partial charge is 0.225 e. The Labute approximate surface area is 96.0 Å². The molecule has 0 rings (SSSR count). The second kappa shape index (κ2) is 5.74. The maximum Gasteiger partial charge on any atom is 0.225 e. The molecule has 0 saturated heterocycles. The maximum atomic E-state index is 11.7. The summed E-state index contributed by atoms with van der Waals surface area (Å²) in [5.74, 6) is 0.736. The van der Waals surface area contributed by atoms with Crippen LogP contribution in [0.2, 0.25) is 0 Å². The molecule has 0 aromatic rings. The second-order valence-corrected chi connectivity index (χ2v) is 5.85. The summed E-state index contributed by atoms with van der Waals surface area (Å²) >= 11 is 3.42. The summed E-state index contributed by atoms with van der Waals surface area (Å²) in [6.45, 7) is 10.1.